The van der Waals surface area contributed by atoms with Gasteiger partial charge in [-0.2, -0.15) is 0 Å². The molecule has 1 amide bonds. The lowest BCUT2D eigenvalue weighted by Crippen LogP contribution is -2.28. The van der Waals surface area contributed by atoms with Crippen LogP contribution in [0.15, 0.2) is 35.4 Å². The molecule has 28 heavy (non-hydrogen) atoms. The molecule has 0 aliphatic heterocycles. The van der Waals surface area contributed by atoms with Crippen LogP contribution in [0.4, 0.5) is 5.69 Å². The zero-order chi connectivity index (χ0) is 19.8. The molecular formula is C21H21N3O3S. The van der Waals surface area contributed by atoms with Gasteiger partial charge in [-0.25, -0.2) is 4.98 Å². The molecule has 1 aliphatic carbocycles. The van der Waals surface area contributed by atoms with Gasteiger partial charge in [0.05, 0.1) is 11.7 Å². The summed E-state index contributed by atoms with van der Waals surface area (Å²) in [5.41, 5.74) is 2.00. The van der Waals surface area contributed by atoms with Gasteiger partial charge in [0, 0.05) is 16.1 Å². The molecule has 1 N–H and O–H groups in total. The smallest absolute Gasteiger partial charge is 0.262 e. The normalized spacial score (nSPS) is 16.0. The number of benzene rings is 1. The average molecular weight is 395 g/mol. The second-order valence-corrected chi connectivity index (χ2v) is 8.48. The Morgan fingerprint density at radius 2 is 2.18 bits per heavy atom. The first-order chi connectivity index (χ1) is 13.4. The van der Waals surface area contributed by atoms with Crippen LogP contribution in [0.3, 0.4) is 0 Å². The molecule has 2 aromatic heterocycles. The number of hydrogen-bond donors (Lipinski definition) is 1. The minimum Gasteiger partial charge on any atom is -0.325 e. The molecule has 7 heteroatoms. The van der Waals surface area contributed by atoms with Crippen molar-refractivity contribution in [3.8, 4) is 0 Å². The van der Waals surface area contributed by atoms with Gasteiger partial charge in [-0.1, -0.05) is 19.1 Å². The number of Topliss-reactive ketones (excluding diaryl/α,β-unsaturated/α-hetero) is 1. The SMILES string of the molecule is CC(=O)c1cccc(NC(=O)Cn2cnc3sc4c(c3c2=O)CC[C@H](C)C4)c1. The van der Waals surface area contributed by atoms with Crippen LogP contribution in [0.25, 0.3) is 10.2 Å². The summed E-state index contributed by atoms with van der Waals surface area (Å²) < 4.78 is 1.36. The fourth-order valence-corrected chi connectivity index (χ4v) is 4.99. The van der Waals surface area contributed by atoms with Crippen molar-refractivity contribution in [1.29, 1.82) is 0 Å². The first-order valence-electron chi connectivity index (χ1n) is 9.33. The van der Waals surface area contributed by atoms with Crippen molar-refractivity contribution in [2.75, 3.05) is 5.32 Å². The van der Waals surface area contributed by atoms with E-state index in [1.54, 1.807) is 35.6 Å². The molecule has 0 fully saturated rings. The summed E-state index contributed by atoms with van der Waals surface area (Å²) in [4.78, 5) is 43.3. The van der Waals surface area contributed by atoms with Gasteiger partial charge in [0.1, 0.15) is 11.4 Å². The molecule has 0 saturated carbocycles. The number of aryl methyl sites for hydroxylation is 1. The highest BCUT2D eigenvalue weighted by atomic mass is 32.1. The van der Waals surface area contributed by atoms with Crippen LogP contribution in [-0.4, -0.2) is 21.2 Å². The average Bonchev–Trinajstić information content (AvgIpc) is 3.02. The second-order valence-electron chi connectivity index (χ2n) is 7.39. The molecule has 1 aliphatic rings. The van der Waals surface area contributed by atoms with Crippen LogP contribution < -0.4 is 10.9 Å². The molecule has 1 aromatic carbocycles. The molecule has 0 unspecified atom stereocenters. The molecule has 2 heterocycles. The molecule has 144 valence electrons. The van der Waals surface area contributed by atoms with E-state index in [1.165, 1.54) is 22.7 Å². The molecule has 0 saturated heterocycles. The molecule has 4 rings (SSSR count). The number of hydrogen-bond acceptors (Lipinski definition) is 5. The summed E-state index contributed by atoms with van der Waals surface area (Å²) in [6.07, 6.45) is 4.39. The van der Waals surface area contributed by atoms with Gasteiger partial charge in [-0.15, -0.1) is 11.3 Å². The van der Waals surface area contributed by atoms with Crippen molar-refractivity contribution >= 4 is 38.9 Å². The lowest BCUT2D eigenvalue weighted by Gasteiger charge is -2.17. The van der Waals surface area contributed by atoms with Crippen molar-refractivity contribution in [2.24, 2.45) is 5.92 Å². The fourth-order valence-electron chi connectivity index (χ4n) is 3.65. The number of nitrogens with zero attached hydrogens (tertiary/aromatic N) is 2. The van der Waals surface area contributed by atoms with E-state index in [9.17, 15) is 14.4 Å². The van der Waals surface area contributed by atoms with Crippen molar-refractivity contribution in [2.45, 2.75) is 39.7 Å². The van der Waals surface area contributed by atoms with Gasteiger partial charge in [0.25, 0.3) is 5.56 Å². The van der Waals surface area contributed by atoms with Crippen LogP contribution in [0.5, 0.6) is 0 Å². The summed E-state index contributed by atoms with van der Waals surface area (Å²) in [5.74, 6) is 0.222. The summed E-state index contributed by atoms with van der Waals surface area (Å²) in [7, 11) is 0. The number of carbonyl (C=O) groups excluding carboxylic acids is 2. The van der Waals surface area contributed by atoms with Gasteiger partial charge in [-0.05, 0) is 49.8 Å². The highest BCUT2D eigenvalue weighted by Crippen LogP contribution is 2.35. The number of nitrogens with one attached hydrogen (secondary N) is 1. The molecule has 0 radical (unpaired) electrons. The standard InChI is InChI=1S/C21H21N3O3S/c1-12-6-7-16-17(8-12)28-20-19(16)21(27)24(11-22-20)10-18(26)23-15-5-3-4-14(9-15)13(2)25/h3-5,9,11-12H,6-8,10H2,1-2H3,(H,23,26)/t12-/m0/s1. The lowest BCUT2D eigenvalue weighted by molar-refractivity contribution is -0.116. The first-order valence-corrected chi connectivity index (χ1v) is 10.1. The Hall–Kier alpha value is -2.80. The van der Waals surface area contributed by atoms with Gasteiger partial charge < -0.3 is 5.32 Å². The topological polar surface area (TPSA) is 81.1 Å². The number of thiophene rings is 1. The Morgan fingerprint density at radius 3 is 2.96 bits per heavy atom. The zero-order valence-corrected chi connectivity index (χ0v) is 16.6. The Kier molecular flexibility index (Phi) is 4.85. The van der Waals surface area contributed by atoms with E-state index >= 15 is 0 Å². The van der Waals surface area contributed by atoms with Gasteiger partial charge in [0.15, 0.2) is 5.78 Å². The molecule has 6 nitrogen and oxygen atoms in total. The predicted octanol–water partition coefficient (Wildman–Crippen LogP) is 3.42. The zero-order valence-electron chi connectivity index (χ0n) is 15.8. The maximum absolute atomic E-state index is 13.0. The predicted molar refractivity (Wildman–Crippen MR) is 110 cm³/mol. The third kappa shape index (κ3) is 3.49. The van der Waals surface area contributed by atoms with Gasteiger partial charge in [0.2, 0.25) is 5.91 Å². The van der Waals surface area contributed by atoms with Crippen molar-refractivity contribution in [3.05, 3.63) is 57.0 Å². The van der Waals surface area contributed by atoms with E-state index in [1.807, 2.05) is 0 Å². The van der Waals surface area contributed by atoms with Crippen LogP contribution in [0.1, 0.15) is 41.1 Å². The maximum Gasteiger partial charge on any atom is 0.262 e. The van der Waals surface area contributed by atoms with E-state index in [2.05, 4.69) is 17.2 Å². The van der Waals surface area contributed by atoms with Crippen LogP contribution in [0.2, 0.25) is 0 Å². The Labute approximate surface area is 166 Å². The number of anilines is 1. The van der Waals surface area contributed by atoms with Crippen LogP contribution in [0, 0.1) is 5.92 Å². The van der Waals surface area contributed by atoms with E-state index < -0.39 is 0 Å². The summed E-state index contributed by atoms with van der Waals surface area (Å²) in [6, 6.07) is 6.75. The molecular weight excluding hydrogens is 374 g/mol. The van der Waals surface area contributed by atoms with Crippen molar-refractivity contribution in [1.82, 2.24) is 9.55 Å². The third-order valence-corrected chi connectivity index (χ3v) is 6.31. The number of aromatic nitrogens is 2. The monoisotopic (exact) mass is 395 g/mol. The number of rotatable bonds is 4. The largest absolute Gasteiger partial charge is 0.325 e. The summed E-state index contributed by atoms with van der Waals surface area (Å²) in [6.45, 7) is 3.58. The highest BCUT2D eigenvalue weighted by Gasteiger charge is 2.23. The summed E-state index contributed by atoms with van der Waals surface area (Å²) >= 11 is 1.60. The number of amides is 1. The van der Waals surface area contributed by atoms with E-state index in [4.69, 9.17) is 0 Å². The third-order valence-electron chi connectivity index (χ3n) is 5.15. The van der Waals surface area contributed by atoms with Crippen LogP contribution >= 0.6 is 11.3 Å². The minimum atomic E-state index is -0.332. The lowest BCUT2D eigenvalue weighted by atomic mass is 9.89. The van der Waals surface area contributed by atoms with Crippen molar-refractivity contribution in [3.63, 3.8) is 0 Å². The second kappa shape index (κ2) is 7.31. The van der Waals surface area contributed by atoms with Gasteiger partial charge >= 0.3 is 0 Å². The number of carbonyl (C=O) groups is 2. The fraction of sp³-hybridized carbons (Fsp3) is 0.333. The maximum atomic E-state index is 13.0. The molecule has 3 aromatic rings. The minimum absolute atomic E-state index is 0.0708. The first kappa shape index (κ1) is 18.6. The quantitative estimate of drug-likeness (QED) is 0.687. The van der Waals surface area contributed by atoms with Crippen LogP contribution in [-0.2, 0) is 24.2 Å². The molecule has 0 bridgehead atoms. The number of ketones is 1. The van der Waals surface area contributed by atoms with E-state index in [0.717, 1.165) is 29.7 Å². The summed E-state index contributed by atoms with van der Waals surface area (Å²) in [5, 5.41) is 3.41. The highest BCUT2D eigenvalue weighted by molar-refractivity contribution is 7.18. The van der Waals surface area contributed by atoms with Gasteiger partial charge in [-0.3, -0.25) is 19.0 Å². The Bertz CT molecular complexity index is 1150. The Balaban J connectivity index is 1.59. The number of fused-ring (bicyclic) bond motifs is 3. The molecule has 1 atom stereocenters. The molecule has 0 spiro atoms. The van der Waals surface area contributed by atoms with E-state index in [-0.39, 0.29) is 23.8 Å². The van der Waals surface area contributed by atoms with Crippen molar-refractivity contribution < 1.29 is 9.59 Å². The van der Waals surface area contributed by atoms with E-state index in [0.29, 0.717) is 22.6 Å². The Morgan fingerprint density at radius 1 is 1.36 bits per heavy atom.